The van der Waals surface area contributed by atoms with E-state index in [0.29, 0.717) is 4.47 Å². The molecule has 1 aliphatic heterocycles. The van der Waals surface area contributed by atoms with Crippen LogP contribution in [0.3, 0.4) is 0 Å². The Kier molecular flexibility index (Phi) is 7.63. The molecule has 1 aromatic carbocycles. The quantitative estimate of drug-likeness (QED) is 0.648. The Bertz CT molecular complexity index is 509. The number of aliphatic hydroxyl groups is 1. The monoisotopic (exact) mass is 456 g/mol. The lowest BCUT2D eigenvalue weighted by Gasteiger charge is -2.43. The Morgan fingerprint density at radius 2 is 1.86 bits per heavy atom. The summed E-state index contributed by atoms with van der Waals surface area (Å²) in [6, 6.07) is 3.74. The fourth-order valence-electron chi connectivity index (χ4n) is 2.93. The molecule has 1 heterocycles. The normalized spacial score (nSPS) is 17.9. The van der Waals surface area contributed by atoms with Crippen molar-refractivity contribution in [2.24, 2.45) is 5.41 Å². The van der Waals surface area contributed by atoms with Gasteiger partial charge in [0.25, 0.3) is 0 Å². The standard InChI is InChI=1S/C15H22Br2N2O2.ClH/c1-15(2,9-20)14(19-5-3-18-4-6-19)11-7-10(16)8-12(17)13(11)21;/h7-8,14,18,20-21H,3-6,9H2,1-2H3;1H/t14-;/m0./s1. The molecule has 0 aromatic heterocycles. The highest BCUT2D eigenvalue weighted by Crippen LogP contribution is 2.45. The average Bonchev–Trinajstić information content (AvgIpc) is 2.45. The highest BCUT2D eigenvalue weighted by atomic mass is 79.9. The van der Waals surface area contributed by atoms with Crippen molar-refractivity contribution >= 4 is 44.3 Å². The number of hydrogen-bond donors (Lipinski definition) is 3. The summed E-state index contributed by atoms with van der Waals surface area (Å²) in [5.74, 6) is 0.253. The van der Waals surface area contributed by atoms with E-state index in [4.69, 9.17) is 0 Å². The highest BCUT2D eigenvalue weighted by molar-refractivity contribution is 9.11. The van der Waals surface area contributed by atoms with E-state index in [2.05, 4.69) is 42.1 Å². The van der Waals surface area contributed by atoms with E-state index < -0.39 is 0 Å². The van der Waals surface area contributed by atoms with Gasteiger partial charge in [0.05, 0.1) is 4.47 Å². The van der Waals surface area contributed by atoms with E-state index in [1.807, 2.05) is 26.0 Å². The van der Waals surface area contributed by atoms with Gasteiger partial charge in [0.1, 0.15) is 5.75 Å². The lowest BCUT2D eigenvalue weighted by molar-refractivity contribution is 0.0292. The van der Waals surface area contributed by atoms with Crippen molar-refractivity contribution in [3.05, 3.63) is 26.6 Å². The van der Waals surface area contributed by atoms with E-state index >= 15 is 0 Å². The first-order valence-electron chi connectivity index (χ1n) is 7.10. The molecule has 0 bridgehead atoms. The summed E-state index contributed by atoms with van der Waals surface area (Å²) in [7, 11) is 0. The Labute approximate surface area is 154 Å². The van der Waals surface area contributed by atoms with Crippen LogP contribution >= 0.6 is 44.3 Å². The van der Waals surface area contributed by atoms with Gasteiger partial charge in [-0.05, 0) is 28.1 Å². The van der Waals surface area contributed by atoms with Crippen LogP contribution in [-0.4, -0.2) is 47.9 Å². The lowest BCUT2D eigenvalue weighted by Crippen LogP contribution is -2.49. The smallest absolute Gasteiger partial charge is 0.134 e. The summed E-state index contributed by atoms with van der Waals surface area (Å²) in [5.41, 5.74) is 0.493. The van der Waals surface area contributed by atoms with Crippen LogP contribution in [0.25, 0.3) is 0 Å². The van der Waals surface area contributed by atoms with Crippen molar-refractivity contribution in [3.63, 3.8) is 0 Å². The first kappa shape index (κ1) is 20.2. The Morgan fingerprint density at radius 3 is 2.41 bits per heavy atom. The summed E-state index contributed by atoms with van der Waals surface area (Å²) in [4.78, 5) is 2.33. The number of benzene rings is 1. The molecule has 1 aromatic rings. The maximum absolute atomic E-state index is 10.5. The van der Waals surface area contributed by atoms with Crippen LogP contribution in [0, 0.1) is 5.41 Å². The average molecular weight is 459 g/mol. The zero-order valence-corrected chi connectivity index (χ0v) is 16.8. The molecule has 0 amide bonds. The molecule has 7 heteroatoms. The van der Waals surface area contributed by atoms with Crippen molar-refractivity contribution in [2.75, 3.05) is 32.8 Å². The first-order valence-corrected chi connectivity index (χ1v) is 8.69. The SMILES string of the molecule is CC(C)(CO)[C@H](c1cc(Br)cc(Br)c1O)N1CCNCC1.Cl. The summed E-state index contributed by atoms with van der Waals surface area (Å²) < 4.78 is 1.58. The Morgan fingerprint density at radius 1 is 1.27 bits per heavy atom. The van der Waals surface area contributed by atoms with Gasteiger partial charge in [-0.15, -0.1) is 12.4 Å². The molecule has 0 spiro atoms. The highest BCUT2D eigenvalue weighted by Gasteiger charge is 2.37. The summed E-state index contributed by atoms with van der Waals surface area (Å²) in [6.45, 7) is 7.78. The van der Waals surface area contributed by atoms with Crippen LogP contribution in [0.5, 0.6) is 5.75 Å². The minimum absolute atomic E-state index is 0. The molecule has 2 rings (SSSR count). The van der Waals surface area contributed by atoms with E-state index in [-0.39, 0.29) is 36.2 Å². The van der Waals surface area contributed by atoms with Crippen LogP contribution in [0.2, 0.25) is 0 Å². The molecular formula is C15H23Br2ClN2O2. The van der Waals surface area contributed by atoms with Gasteiger partial charge in [0, 0.05) is 54.3 Å². The first-order chi connectivity index (χ1) is 9.86. The third-order valence-corrected chi connectivity index (χ3v) is 5.08. The maximum atomic E-state index is 10.5. The van der Waals surface area contributed by atoms with Crippen LogP contribution in [0.15, 0.2) is 21.1 Å². The van der Waals surface area contributed by atoms with Crippen molar-refractivity contribution in [1.29, 1.82) is 0 Å². The number of rotatable bonds is 4. The van der Waals surface area contributed by atoms with Gasteiger partial charge in [0.2, 0.25) is 0 Å². The summed E-state index contributed by atoms with van der Waals surface area (Å²) in [6.07, 6.45) is 0. The second-order valence-corrected chi connectivity index (χ2v) is 7.93. The van der Waals surface area contributed by atoms with Crippen LogP contribution in [-0.2, 0) is 0 Å². The topological polar surface area (TPSA) is 55.7 Å². The predicted molar refractivity (Wildman–Crippen MR) is 98.8 cm³/mol. The van der Waals surface area contributed by atoms with Gasteiger partial charge in [-0.3, -0.25) is 4.90 Å². The summed E-state index contributed by atoms with van der Waals surface area (Å²) >= 11 is 6.90. The van der Waals surface area contributed by atoms with Crippen molar-refractivity contribution < 1.29 is 10.2 Å². The minimum atomic E-state index is -0.352. The molecule has 4 nitrogen and oxygen atoms in total. The van der Waals surface area contributed by atoms with Crippen molar-refractivity contribution in [1.82, 2.24) is 10.2 Å². The number of aliphatic hydroxyl groups excluding tert-OH is 1. The zero-order valence-electron chi connectivity index (χ0n) is 12.8. The van der Waals surface area contributed by atoms with Gasteiger partial charge in [-0.25, -0.2) is 0 Å². The van der Waals surface area contributed by atoms with Gasteiger partial charge in [0.15, 0.2) is 0 Å². The lowest BCUT2D eigenvalue weighted by atomic mass is 9.79. The van der Waals surface area contributed by atoms with E-state index in [9.17, 15) is 10.2 Å². The number of aromatic hydroxyl groups is 1. The number of phenolic OH excluding ortho intramolecular Hbond substituents is 1. The molecule has 0 saturated carbocycles. The molecule has 1 atom stereocenters. The molecule has 22 heavy (non-hydrogen) atoms. The largest absolute Gasteiger partial charge is 0.506 e. The Hall–Kier alpha value is 0.150. The molecule has 1 aliphatic rings. The fourth-order valence-corrected chi connectivity index (χ4v) is 4.19. The fraction of sp³-hybridized carbons (Fsp3) is 0.600. The van der Waals surface area contributed by atoms with Gasteiger partial charge < -0.3 is 15.5 Å². The van der Waals surface area contributed by atoms with Gasteiger partial charge >= 0.3 is 0 Å². The third kappa shape index (κ3) is 4.36. The molecule has 3 N–H and O–H groups in total. The zero-order chi connectivity index (χ0) is 15.6. The van der Waals surface area contributed by atoms with Crippen LogP contribution < -0.4 is 5.32 Å². The number of phenols is 1. The molecule has 1 fully saturated rings. The minimum Gasteiger partial charge on any atom is -0.506 e. The summed E-state index contributed by atoms with van der Waals surface area (Å²) in [5, 5.41) is 23.7. The van der Waals surface area contributed by atoms with E-state index in [1.54, 1.807) is 0 Å². The Balaban J connectivity index is 0.00000242. The predicted octanol–water partition coefficient (Wildman–Crippen LogP) is 3.30. The molecule has 0 unspecified atom stereocenters. The molecule has 0 radical (unpaired) electrons. The number of piperazine rings is 1. The number of hydrogen-bond acceptors (Lipinski definition) is 4. The van der Waals surface area contributed by atoms with E-state index in [0.717, 1.165) is 36.2 Å². The second kappa shape index (κ2) is 8.31. The van der Waals surface area contributed by atoms with Crippen molar-refractivity contribution in [2.45, 2.75) is 19.9 Å². The molecule has 1 saturated heterocycles. The third-order valence-electron chi connectivity index (χ3n) is 4.02. The van der Waals surface area contributed by atoms with Crippen LogP contribution in [0.4, 0.5) is 0 Å². The van der Waals surface area contributed by atoms with Crippen molar-refractivity contribution in [3.8, 4) is 5.75 Å². The number of nitrogens with one attached hydrogen (secondary N) is 1. The van der Waals surface area contributed by atoms with Gasteiger partial charge in [-0.1, -0.05) is 29.8 Å². The van der Waals surface area contributed by atoms with Crippen LogP contribution in [0.1, 0.15) is 25.5 Å². The maximum Gasteiger partial charge on any atom is 0.134 e. The van der Waals surface area contributed by atoms with Gasteiger partial charge in [-0.2, -0.15) is 0 Å². The second-order valence-electron chi connectivity index (χ2n) is 6.16. The molecule has 0 aliphatic carbocycles. The molecule has 126 valence electrons. The number of halogens is 3. The molecular weight excluding hydrogens is 435 g/mol. The number of nitrogens with zero attached hydrogens (tertiary/aromatic N) is 1. The van der Waals surface area contributed by atoms with E-state index in [1.165, 1.54) is 0 Å².